The first kappa shape index (κ1) is 17.0. The second-order valence-corrected chi connectivity index (χ2v) is 5.91. The van der Waals surface area contributed by atoms with E-state index in [-0.39, 0.29) is 12.5 Å². The number of hydrogen-bond acceptors (Lipinski definition) is 3. The maximum atomic E-state index is 12.3. The van der Waals surface area contributed by atoms with E-state index in [1.165, 1.54) is 0 Å². The predicted molar refractivity (Wildman–Crippen MR) is 98.4 cm³/mol. The van der Waals surface area contributed by atoms with Crippen LogP contribution < -0.4 is 10.1 Å². The number of carbonyl (C=O) groups excluding carboxylic acids is 1. The summed E-state index contributed by atoms with van der Waals surface area (Å²) in [6, 6.07) is 17.5. The van der Waals surface area contributed by atoms with Crippen LogP contribution in [-0.2, 0) is 17.9 Å². The normalized spacial score (nSPS) is 10.8. The van der Waals surface area contributed by atoms with Gasteiger partial charge >= 0.3 is 0 Å². The lowest BCUT2D eigenvalue weighted by atomic mass is 10.3. The van der Waals surface area contributed by atoms with Crippen molar-refractivity contribution in [2.75, 3.05) is 6.54 Å². The number of fused-ring (bicyclic) bond motifs is 1. The summed E-state index contributed by atoms with van der Waals surface area (Å²) < 4.78 is 7.76. The number of carbonyl (C=O) groups is 1. The van der Waals surface area contributed by atoms with E-state index in [4.69, 9.17) is 4.74 Å². The predicted octanol–water partition coefficient (Wildman–Crippen LogP) is 3.53. The van der Waals surface area contributed by atoms with Crippen LogP contribution in [0.25, 0.3) is 11.0 Å². The maximum absolute atomic E-state index is 12.3. The van der Waals surface area contributed by atoms with Crippen molar-refractivity contribution in [2.24, 2.45) is 0 Å². The quantitative estimate of drug-likeness (QED) is 0.640. The van der Waals surface area contributed by atoms with E-state index in [9.17, 15) is 4.79 Å². The van der Waals surface area contributed by atoms with E-state index in [1.807, 2.05) is 59.2 Å². The van der Waals surface area contributed by atoms with Gasteiger partial charge in [-0.15, -0.1) is 0 Å². The average Bonchev–Trinajstić information content (AvgIpc) is 2.99. The Morgan fingerprint density at radius 3 is 2.68 bits per heavy atom. The Morgan fingerprint density at radius 1 is 1.12 bits per heavy atom. The summed E-state index contributed by atoms with van der Waals surface area (Å²) in [5.41, 5.74) is 1.82. The lowest BCUT2D eigenvalue weighted by molar-refractivity contribution is -0.121. The van der Waals surface area contributed by atoms with E-state index in [2.05, 4.69) is 17.2 Å². The van der Waals surface area contributed by atoms with Crippen LogP contribution in [0.5, 0.6) is 5.75 Å². The number of hydrogen-bond donors (Lipinski definition) is 1. The zero-order chi connectivity index (χ0) is 17.5. The number of aromatic nitrogens is 2. The Hall–Kier alpha value is -2.82. The van der Waals surface area contributed by atoms with Gasteiger partial charge in [-0.2, -0.15) is 0 Å². The van der Waals surface area contributed by atoms with Crippen molar-refractivity contribution in [3.05, 3.63) is 60.4 Å². The molecule has 1 heterocycles. The standard InChI is InChI=1S/C20H23N3O2/c1-2-3-13-21-20(24)14-23-18-12-8-7-11-17(18)22-19(23)15-25-16-9-5-4-6-10-16/h4-12H,2-3,13-15H2,1H3,(H,21,24). The highest BCUT2D eigenvalue weighted by Crippen LogP contribution is 2.18. The summed E-state index contributed by atoms with van der Waals surface area (Å²) in [6.45, 7) is 3.38. The van der Waals surface area contributed by atoms with E-state index in [0.29, 0.717) is 13.2 Å². The zero-order valence-electron chi connectivity index (χ0n) is 14.4. The molecule has 130 valence electrons. The summed E-state index contributed by atoms with van der Waals surface area (Å²) >= 11 is 0. The SMILES string of the molecule is CCCCNC(=O)Cn1c(COc2ccccc2)nc2ccccc21. The third-order valence-electron chi connectivity index (χ3n) is 4.00. The van der Waals surface area contributed by atoms with Gasteiger partial charge in [0, 0.05) is 6.54 Å². The number of nitrogens with zero attached hydrogens (tertiary/aromatic N) is 2. The minimum absolute atomic E-state index is 0.00226. The molecule has 0 aliphatic rings. The smallest absolute Gasteiger partial charge is 0.240 e. The lowest BCUT2D eigenvalue weighted by Crippen LogP contribution is -2.29. The maximum Gasteiger partial charge on any atom is 0.240 e. The highest BCUT2D eigenvalue weighted by atomic mass is 16.5. The van der Waals surface area contributed by atoms with Crippen LogP contribution in [0.15, 0.2) is 54.6 Å². The Balaban J connectivity index is 1.78. The molecule has 5 nitrogen and oxygen atoms in total. The van der Waals surface area contributed by atoms with Gasteiger partial charge in [0.2, 0.25) is 5.91 Å². The Kier molecular flexibility index (Phi) is 5.67. The molecule has 1 N–H and O–H groups in total. The molecule has 0 fully saturated rings. The summed E-state index contributed by atoms with van der Waals surface area (Å²) in [5, 5.41) is 2.96. The first-order valence-corrected chi connectivity index (χ1v) is 8.66. The number of para-hydroxylation sites is 3. The number of benzene rings is 2. The largest absolute Gasteiger partial charge is 0.486 e. The van der Waals surface area contributed by atoms with Crippen molar-refractivity contribution >= 4 is 16.9 Å². The van der Waals surface area contributed by atoms with Gasteiger partial charge in [-0.25, -0.2) is 4.98 Å². The monoisotopic (exact) mass is 337 g/mol. The molecule has 5 heteroatoms. The number of amides is 1. The number of unbranched alkanes of at least 4 members (excludes halogenated alkanes) is 1. The molecule has 25 heavy (non-hydrogen) atoms. The summed E-state index contributed by atoms with van der Waals surface area (Å²) in [5.74, 6) is 1.53. The van der Waals surface area contributed by atoms with Crippen LogP contribution in [0.1, 0.15) is 25.6 Å². The van der Waals surface area contributed by atoms with Crippen molar-refractivity contribution < 1.29 is 9.53 Å². The van der Waals surface area contributed by atoms with E-state index >= 15 is 0 Å². The van der Waals surface area contributed by atoms with Gasteiger partial charge in [-0.1, -0.05) is 43.7 Å². The van der Waals surface area contributed by atoms with Gasteiger partial charge in [-0.3, -0.25) is 4.79 Å². The van der Waals surface area contributed by atoms with E-state index in [0.717, 1.165) is 35.4 Å². The number of imidazole rings is 1. The Labute approximate surface area is 147 Å². The minimum atomic E-state index is -0.00226. The van der Waals surface area contributed by atoms with Gasteiger partial charge < -0.3 is 14.6 Å². The minimum Gasteiger partial charge on any atom is -0.486 e. The molecule has 2 aromatic carbocycles. The fourth-order valence-electron chi connectivity index (χ4n) is 2.68. The molecule has 0 saturated carbocycles. The van der Waals surface area contributed by atoms with Crippen LogP contribution in [0.2, 0.25) is 0 Å². The van der Waals surface area contributed by atoms with Crippen molar-refractivity contribution in [1.29, 1.82) is 0 Å². The summed E-state index contributed by atoms with van der Waals surface area (Å²) in [4.78, 5) is 16.9. The van der Waals surface area contributed by atoms with Crippen molar-refractivity contribution in [2.45, 2.75) is 32.9 Å². The molecule has 0 radical (unpaired) electrons. The van der Waals surface area contributed by atoms with Gasteiger partial charge in [0.15, 0.2) is 0 Å². The van der Waals surface area contributed by atoms with Crippen LogP contribution >= 0.6 is 0 Å². The molecule has 1 amide bonds. The van der Waals surface area contributed by atoms with Crippen molar-refractivity contribution in [1.82, 2.24) is 14.9 Å². The Bertz CT molecular complexity index is 827. The lowest BCUT2D eigenvalue weighted by Gasteiger charge is -2.11. The third kappa shape index (κ3) is 4.38. The van der Waals surface area contributed by atoms with Crippen LogP contribution in [0.3, 0.4) is 0 Å². The fraction of sp³-hybridized carbons (Fsp3) is 0.300. The second-order valence-electron chi connectivity index (χ2n) is 5.91. The highest BCUT2D eigenvalue weighted by molar-refractivity contribution is 5.81. The topological polar surface area (TPSA) is 56.2 Å². The molecule has 0 aliphatic heterocycles. The Morgan fingerprint density at radius 2 is 1.88 bits per heavy atom. The molecular weight excluding hydrogens is 314 g/mol. The molecule has 0 bridgehead atoms. The molecule has 1 aromatic heterocycles. The molecule has 3 rings (SSSR count). The molecule has 0 atom stereocenters. The van der Waals surface area contributed by atoms with Gasteiger partial charge in [0.25, 0.3) is 0 Å². The van der Waals surface area contributed by atoms with Crippen molar-refractivity contribution in [3.63, 3.8) is 0 Å². The number of rotatable bonds is 8. The number of nitrogens with one attached hydrogen (secondary N) is 1. The molecule has 0 aliphatic carbocycles. The van der Waals surface area contributed by atoms with Gasteiger partial charge in [0.1, 0.15) is 24.7 Å². The molecule has 3 aromatic rings. The average molecular weight is 337 g/mol. The second kappa shape index (κ2) is 8.33. The summed E-state index contributed by atoms with van der Waals surface area (Å²) in [7, 11) is 0. The molecule has 0 unspecified atom stereocenters. The van der Waals surface area contributed by atoms with Gasteiger partial charge in [-0.05, 0) is 30.7 Å². The van der Waals surface area contributed by atoms with Crippen molar-refractivity contribution in [3.8, 4) is 5.75 Å². The van der Waals surface area contributed by atoms with Crippen LogP contribution in [-0.4, -0.2) is 22.0 Å². The molecule has 0 saturated heterocycles. The third-order valence-corrected chi connectivity index (χ3v) is 4.00. The first-order chi connectivity index (χ1) is 12.3. The highest BCUT2D eigenvalue weighted by Gasteiger charge is 2.14. The first-order valence-electron chi connectivity index (χ1n) is 8.66. The van der Waals surface area contributed by atoms with E-state index < -0.39 is 0 Å². The summed E-state index contributed by atoms with van der Waals surface area (Å²) in [6.07, 6.45) is 2.05. The van der Waals surface area contributed by atoms with Gasteiger partial charge in [0.05, 0.1) is 11.0 Å². The number of ether oxygens (including phenoxy) is 1. The van der Waals surface area contributed by atoms with E-state index in [1.54, 1.807) is 0 Å². The van der Waals surface area contributed by atoms with Crippen LogP contribution in [0.4, 0.5) is 0 Å². The fourth-order valence-corrected chi connectivity index (χ4v) is 2.68. The molecule has 0 spiro atoms. The molecular formula is C20H23N3O2. The zero-order valence-corrected chi connectivity index (χ0v) is 14.4. The van der Waals surface area contributed by atoms with Crippen LogP contribution in [0, 0.1) is 0 Å².